The first kappa shape index (κ1) is 15.6. The molecule has 4 rings (SSSR count). The molecule has 25 heavy (non-hydrogen) atoms. The number of hydrogen-bond donors (Lipinski definition) is 0. The normalized spacial score (nSPS) is 13.6. The van der Waals surface area contributed by atoms with E-state index < -0.39 is 0 Å². The summed E-state index contributed by atoms with van der Waals surface area (Å²) in [5.41, 5.74) is 4.54. The zero-order chi connectivity index (χ0) is 17.2. The van der Waals surface area contributed by atoms with E-state index in [1.54, 1.807) is 18.6 Å². The number of para-hydroxylation sites is 1. The first-order chi connectivity index (χ1) is 12.2. The van der Waals surface area contributed by atoms with Crippen molar-refractivity contribution in [2.45, 2.75) is 32.3 Å². The monoisotopic (exact) mass is 333 g/mol. The second-order valence-electron chi connectivity index (χ2n) is 6.35. The predicted molar refractivity (Wildman–Crippen MR) is 93.6 cm³/mol. The third kappa shape index (κ3) is 3.18. The number of esters is 1. The van der Waals surface area contributed by atoms with E-state index in [0.717, 1.165) is 35.3 Å². The Labute approximate surface area is 146 Å². The van der Waals surface area contributed by atoms with Gasteiger partial charge in [-0.2, -0.15) is 5.10 Å². The number of benzene rings is 1. The van der Waals surface area contributed by atoms with E-state index >= 15 is 0 Å². The van der Waals surface area contributed by atoms with Crippen LogP contribution >= 0.6 is 0 Å². The Kier molecular flexibility index (Phi) is 4.06. The molecule has 0 spiro atoms. The van der Waals surface area contributed by atoms with Crippen LogP contribution in [0.3, 0.4) is 0 Å². The van der Waals surface area contributed by atoms with Gasteiger partial charge in [-0.05, 0) is 37.5 Å². The number of hydrogen-bond acceptors (Lipinski definition) is 4. The number of carbonyl (C=O) groups excluding carboxylic acids is 1. The van der Waals surface area contributed by atoms with Crippen LogP contribution in [0.2, 0.25) is 0 Å². The zero-order valence-electron chi connectivity index (χ0n) is 14.1. The van der Waals surface area contributed by atoms with E-state index in [0.29, 0.717) is 11.5 Å². The maximum atomic E-state index is 12.6. The number of aryl methyl sites for hydroxylation is 1. The molecule has 2 heterocycles. The number of carbonyl (C=O) groups is 1. The SMILES string of the molecule is Cc1ccccc1-n1ncc(C(=O)OCc2cccnc2)c1C1CC1. The standard InChI is InChI=1S/C20H19N3O2/c1-14-5-2-3-7-18(14)23-19(16-8-9-16)17(12-22-23)20(24)25-13-15-6-4-10-21-11-15/h2-7,10-12,16H,8-9,13H2,1H3. The minimum Gasteiger partial charge on any atom is -0.457 e. The summed E-state index contributed by atoms with van der Waals surface area (Å²) in [4.78, 5) is 16.6. The molecule has 0 saturated heterocycles. The summed E-state index contributed by atoms with van der Waals surface area (Å²) >= 11 is 0. The first-order valence-electron chi connectivity index (χ1n) is 8.44. The highest BCUT2D eigenvalue weighted by Crippen LogP contribution is 2.42. The van der Waals surface area contributed by atoms with Gasteiger partial charge in [0.25, 0.3) is 0 Å². The van der Waals surface area contributed by atoms with Crippen molar-refractivity contribution >= 4 is 5.97 Å². The third-order valence-electron chi connectivity index (χ3n) is 4.43. The topological polar surface area (TPSA) is 57.0 Å². The summed E-state index contributed by atoms with van der Waals surface area (Å²) in [5.74, 6) is 0.0497. The molecule has 1 aromatic carbocycles. The van der Waals surface area contributed by atoms with E-state index in [2.05, 4.69) is 10.1 Å². The van der Waals surface area contributed by atoms with Gasteiger partial charge in [-0.25, -0.2) is 9.48 Å². The van der Waals surface area contributed by atoms with Gasteiger partial charge in [-0.1, -0.05) is 24.3 Å². The molecular weight excluding hydrogens is 314 g/mol. The van der Waals surface area contributed by atoms with Crippen molar-refractivity contribution in [1.82, 2.24) is 14.8 Å². The second-order valence-corrected chi connectivity index (χ2v) is 6.35. The zero-order valence-corrected chi connectivity index (χ0v) is 14.1. The van der Waals surface area contributed by atoms with Gasteiger partial charge in [-0.3, -0.25) is 4.98 Å². The molecular formula is C20H19N3O2. The van der Waals surface area contributed by atoms with Crippen molar-refractivity contribution in [2.75, 3.05) is 0 Å². The Morgan fingerprint density at radius 2 is 2.04 bits per heavy atom. The summed E-state index contributed by atoms with van der Waals surface area (Å²) in [6.45, 7) is 2.26. The molecule has 2 aromatic heterocycles. The summed E-state index contributed by atoms with van der Waals surface area (Å²) in [6.07, 6.45) is 7.20. The summed E-state index contributed by atoms with van der Waals surface area (Å²) in [6, 6.07) is 11.8. The quantitative estimate of drug-likeness (QED) is 0.666. The summed E-state index contributed by atoms with van der Waals surface area (Å²) < 4.78 is 7.38. The molecule has 5 heteroatoms. The van der Waals surface area contributed by atoms with Crippen molar-refractivity contribution < 1.29 is 9.53 Å². The molecule has 0 radical (unpaired) electrons. The average Bonchev–Trinajstić information content (AvgIpc) is 3.39. The molecule has 0 amide bonds. The van der Waals surface area contributed by atoms with Crippen LogP contribution < -0.4 is 0 Å². The van der Waals surface area contributed by atoms with Crippen LogP contribution in [0.1, 0.15) is 45.9 Å². The molecule has 1 fully saturated rings. The van der Waals surface area contributed by atoms with Crippen LogP contribution in [0, 0.1) is 6.92 Å². The fourth-order valence-corrected chi connectivity index (χ4v) is 2.97. The fourth-order valence-electron chi connectivity index (χ4n) is 2.97. The molecule has 0 atom stereocenters. The van der Waals surface area contributed by atoms with Crippen molar-refractivity contribution in [3.63, 3.8) is 0 Å². The molecule has 0 bridgehead atoms. The highest BCUT2D eigenvalue weighted by atomic mass is 16.5. The molecule has 1 aliphatic rings. The van der Waals surface area contributed by atoms with Crippen molar-refractivity contribution in [2.24, 2.45) is 0 Å². The Balaban J connectivity index is 1.62. The molecule has 0 N–H and O–H groups in total. The van der Waals surface area contributed by atoms with Gasteiger partial charge >= 0.3 is 5.97 Å². The first-order valence-corrected chi connectivity index (χ1v) is 8.44. The third-order valence-corrected chi connectivity index (χ3v) is 4.43. The van der Waals surface area contributed by atoms with Gasteiger partial charge in [0, 0.05) is 23.9 Å². The maximum Gasteiger partial charge on any atom is 0.341 e. The molecule has 3 aromatic rings. The highest BCUT2D eigenvalue weighted by molar-refractivity contribution is 5.91. The molecule has 126 valence electrons. The Morgan fingerprint density at radius 3 is 2.76 bits per heavy atom. The van der Waals surface area contributed by atoms with Crippen molar-refractivity contribution in [3.8, 4) is 5.69 Å². The fraction of sp³-hybridized carbons (Fsp3) is 0.250. The minimum absolute atomic E-state index is 0.215. The number of pyridine rings is 1. The van der Waals surface area contributed by atoms with E-state index in [4.69, 9.17) is 4.74 Å². The highest BCUT2D eigenvalue weighted by Gasteiger charge is 2.33. The smallest absolute Gasteiger partial charge is 0.341 e. The Hall–Kier alpha value is -2.95. The number of rotatable bonds is 5. The lowest BCUT2D eigenvalue weighted by Gasteiger charge is -2.11. The number of nitrogens with zero attached hydrogens (tertiary/aromatic N) is 3. The molecule has 1 aliphatic carbocycles. The molecule has 0 unspecified atom stereocenters. The van der Waals surface area contributed by atoms with Gasteiger partial charge in [0.2, 0.25) is 0 Å². The van der Waals surface area contributed by atoms with Crippen LogP contribution in [0.5, 0.6) is 0 Å². The Morgan fingerprint density at radius 1 is 1.20 bits per heavy atom. The van der Waals surface area contributed by atoms with Crippen LogP contribution in [-0.2, 0) is 11.3 Å². The van der Waals surface area contributed by atoms with E-state index in [1.165, 1.54) is 0 Å². The molecule has 5 nitrogen and oxygen atoms in total. The number of ether oxygens (including phenoxy) is 1. The van der Waals surface area contributed by atoms with Crippen molar-refractivity contribution in [1.29, 1.82) is 0 Å². The van der Waals surface area contributed by atoms with Crippen molar-refractivity contribution in [3.05, 3.63) is 77.4 Å². The Bertz CT molecular complexity index is 898. The van der Waals surface area contributed by atoms with Gasteiger partial charge in [0.05, 0.1) is 17.6 Å². The molecule has 1 saturated carbocycles. The maximum absolute atomic E-state index is 12.6. The largest absolute Gasteiger partial charge is 0.457 e. The van der Waals surface area contributed by atoms with Gasteiger partial charge < -0.3 is 4.74 Å². The second kappa shape index (κ2) is 6.51. The minimum atomic E-state index is -0.328. The van der Waals surface area contributed by atoms with Gasteiger partial charge in [0.15, 0.2) is 0 Å². The van der Waals surface area contributed by atoms with E-state index in [9.17, 15) is 4.79 Å². The lowest BCUT2D eigenvalue weighted by molar-refractivity contribution is 0.0471. The van der Waals surface area contributed by atoms with E-state index in [1.807, 2.05) is 48.0 Å². The average molecular weight is 333 g/mol. The predicted octanol–water partition coefficient (Wildman–Crippen LogP) is 3.81. The van der Waals surface area contributed by atoms with Gasteiger partial charge in [0.1, 0.15) is 12.2 Å². The summed E-state index contributed by atoms with van der Waals surface area (Å²) in [7, 11) is 0. The lowest BCUT2D eigenvalue weighted by Crippen LogP contribution is -2.10. The summed E-state index contributed by atoms with van der Waals surface area (Å²) in [5, 5.41) is 4.49. The van der Waals surface area contributed by atoms with Gasteiger partial charge in [-0.15, -0.1) is 0 Å². The number of aromatic nitrogens is 3. The molecule has 0 aliphatic heterocycles. The van der Waals surface area contributed by atoms with Crippen LogP contribution in [0.15, 0.2) is 55.0 Å². The van der Waals surface area contributed by atoms with Crippen LogP contribution in [0.25, 0.3) is 5.69 Å². The van der Waals surface area contributed by atoms with Crippen LogP contribution in [0.4, 0.5) is 0 Å². The lowest BCUT2D eigenvalue weighted by atomic mass is 10.1. The van der Waals surface area contributed by atoms with E-state index in [-0.39, 0.29) is 12.6 Å². The van der Waals surface area contributed by atoms with Crippen LogP contribution in [-0.4, -0.2) is 20.7 Å².